The van der Waals surface area contributed by atoms with Crippen molar-refractivity contribution in [1.29, 1.82) is 0 Å². The van der Waals surface area contributed by atoms with Gasteiger partial charge in [-0.05, 0) is 101 Å². The Kier molecular flexibility index (Phi) is 7.89. The number of aryl methyl sites for hydroxylation is 1. The van der Waals surface area contributed by atoms with Crippen molar-refractivity contribution in [2.45, 2.75) is 47.5 Å². The van der Waals surface area contributed by atoms with E-state index >= 15 is 0 Å². The highest BCUT2D eigenvalue weighted by Crippen LogP contribution is 2.46. The number of hydrogen-bond donors (Lipinski definition) is 3. The Hall–Kier alpha value is -3.25. The van der Waals surface area contributed by atoms with Gasteiger partial charge >= 0.3 is 13.8 Å². The molecule has 2 aromatic carbocycles. The molecule has 1 aliphatic carbocycles. The average Bonchev–Trinajstić information content (AvgIpc) is 2.74. The minimum absolute atomic E-state index is 0.0230. The fourth-order valence-corrected chi connectivity index (χ4v) is 5.01. The molecule has 3 N–H and O–H groups in total. The Bertz CT molecular complexity index is 1370. The van der Waals surface area contributed by atoms with E-state index in [0.29, 0.717) is 22.3 Å². The number of benzene rings is 2. The van der Waals surface area contributed by atoms with Gasteiger partial charge < -0.3 is 9.63 Å². The average molecular weight is 511 g/mol. The first-order chi connectivity index (χ1) is 16.7. The number of rotatable bonds is 7. The summed E-state index contributed by atoms with van der Waals surface area (Å²) in [5, 5.41) is 10.0. The molecule has 0 aromatic heterocycles. The Balaban J connectivity index is 2.56. The van der Waals surface area contributed by atoms with E-state index in [-0.39, 0.29) is 28.9 Å². The van der Waals surface area contributed by atoms with Gasteiger partial charge in [-0.15, -0.1) is 0 Å². The summed E-state index contributed by atoms with van der Waals surface area (Å²) in [6.07, 6.45) is 3.13. The third-order valence-electron chi connectivity index (χ3n) is 6.07. The fraction of sp³-hybridized carbons (Fsp3) is 0.286. The predicted molar refractivity (Wildman–Crippen MR) is 139 cm³/mol. The topological polar surface area (TPSA) is 121 Å². The van der Waals surface area contributed by atoms with Crippen molar-refractivity contribution in [3.63, 3.8) is 0 Å². The molecule has 0 bridgehead atoms. The lowest BCUT2D eigenvalue weighted by Crippen LogP contribution is -2.14. The van der Waals surface area contributed by atoms with E-state index < -0.39 is 13.8 Å². The molecule has 3 rings (SSSR count). The summed E-state index contributed by atoms with van der Waals surface area (Å²) in [6.45, 7) is 11.5. The number of hydrogen-bond acceptors (Lipinski definition) is 4. The molecule has 0 radical (unpaired) electrons. The van der Waals surface area contributed by atoms with Crippen molar-refractivity contribution in [1.82, 2.24) is 0 Å². The van der Waals surface area contributed by atoms with Gasteiger partial charge in [-0.3, -0.25) is 14.6 Å². The first-order valence-corrected chi connectivity index (χ1v) is 13.2. The van der Waals surface area contributed by atoms with Crippen molar-refractivity contribution in [2.24, 2.45) is 5.92 Å². The molecule has 8 heteroatoms. The number of aromatic carboxylic acids is 1. The summed E-state index contributed by atoms with van der Waals surface area (Å²) in [5.74, 6) is -1.32. The highest BCUT2D eigenvalue weighted by atomic mass is 31.2. The molecule has 0 unspecified atom stereocenters. The monoisotopic (exact) mass is 510 g/mol. The van der Waals surface area contributed by atoms with Crippen LogP contribution in [0.4, 0.5) is 0 Å². The Morgan fingerprint density at radius 2 is 1.56 bits per heavy atom. The molecular weight excluding hydrogens is 479 g/mol. The molecule has 0 spiro atoms. The molecule has 0 fully saturated rings. The van der Waals surface area contributed by atoms with Gasteiger partial charge in [0, 0.05) is 0 Å². The van der Waals surface area contributed by atoms with E-state index in [1.54, 1.807) is 49.4 Å². The van der Waals surface area contributed by atoms with Crippen LogP contribution in [0.5, 0.6) is 5.75 Å². The Morgan fingerprint density at radius 1 is 0.944 bits per heavy atom. The molecule has 0 atom stereocenters. The van der Waals surface area contributed by atoms with Gasteiger partial charge in [-0.2, -0.15) is 0 Å². The molecule has 0 saturated carbocycles. The summed E-state index contributed by atoms with van der Waals surface area (Å²) in [7, 11) is -4.79. The standard InChI is InChI=1S/C28H31O7P/c1-15(2)23-13-19(29)11-17(5)25(23)27(21-9-7-8-10-22(21)28(30)31)26-18(6)12-20(35-36(32,33)34)14-24(26)16(3)4/h7-16H,1-6H3,(H,30,31)(H2,32,33,34)/b27-25-. The molecule has 1 aliphatic rings. The van der Waals surface area contributed by atoms with Crippen LogP contribution in [0.3, 0.4) is 0 Å². The van der Waals surface area contributed by atoms with E-state index in [4.69, 9.17) is 4.52 Å². The van der Waals surface area contributed by atoms with Crippen molar-refractivity contribution >= 4 is 25.1 Å². The lowest BCUT2D eigenvalue weighted by molar-refractivity contribution is -0.110. The molecular formula is C28H31O7P. The van der Waals surface area contributed by atoms with Crippen LogP contribution in [-0.2, 0) is 9.36 Å². The normalized spacial score (nSPS) is 15.7. The van der Waals surface area contributed by atoms with Gasteiger partial charge in [-0.25, -0.2) is 9.36 Å². The molecule has 7 nitrogen and oxygen atoms in total. The van der Waals surface area contributed by atoms with E-state index in [9.17, 15) is 29.0 Å². The number of carbonyl (C=O) groups excluding carboxylic acids is 1. The number of carboxylic acid groups (broad SMARTS) is 1. The van der Waals surface area contributed by atoms with E-state index in [0.717, 1.165) is 22.3 Å². The van der Waals surface area contributed by atoms with Gasteiger partial charge in [0.05, 0.1) is 5.56 Å². The molecule has 0 saturated heterocycles. The van der Waals surface area contributed by atoms with Crippen LogP contribution in [0.2, 0.25) is 0 Å². The van der Waals surface area contributed by atoms with Gasteiger partial charge in [0.1, 0.15) is 5.75 Å². The summed E-state index contributed by atoms with van der Waals surface area (Å²) < 4.78 is 16.4. The number of carboxylic acids is 1. The third kappa shape index (κ3) is 5.76. The minimum Gasteiger partial charge on any atom is -0.478 e. The van der Waals surface area contributed by atoms with Crippen LogP contribution in [0.1, 0.15) is 73.1 Å². The quantitative estimate of drug-likeness (QED) is 0.379. The zero-order valence-corrected chi connectivity index (χ0v) is 22.1. The molecule has 36 heavy (non-hydrogen) atoms. The third-order valence-corrected chi connectivity index (χ3v) is 6.52. The van der Waals surface area contributed by atoms with Gasteiger partial charge in [0.15, 0.2) is 5.78 Å². The van der Waals surface area contributed by atoms with Crippen LogP contribution in [0.25, 0.3) is 5.57 Å². The molecule has 0 aliphatic heterocycles. The second-order valence-electron chi connectivity index (χ2n) is 9.53. The van der Waals surface area contributed by atoms with E-state index in [2.05, 4.69) is 0 Å². The van der Waals surface area contributed by atoms with Crippen LogP contribution in [0, 0.1) is 12.8 Å². The van der Waals surface area contributed by atoms with E-state index in [1.165, 1.54) is 6.07 Å². The van der Waals surface area contributed by atoms with E-state index in [1.807, 2.05) is 34.6 Å². The largest absolute Gasteiger partial charge is 0.524 e. The van der Waals surface area contributed by atoms with Crippen molar-refractivity contribution in [2.75, 3.05) is 0 Å². The molecule has 190 valence electrons. The highest BCUT2D eigenvalue weighted by Gasteiger charge is 2.29. The summed E-state index contributed by atoms with van der Waals surface area (Å²) in [6, 6.07) is 9.84. The number of phosphoric acid groups is 1. The first kappa shape index (κ1) is 27.3. The van der Waals surface area contributed by atoms with Crippen molar-refractivity contribution in [3.05, 3.63) is 93.1 Å². The maximum atomic E-state index is 12.5. The highest BCUT2D eigenvalue weighted by molar-refractivity contribution is 7.46. The first-order valence-electron chi connectivity index (χ1n) is 11.6. The Morgan fingerprint density at radius 3 is 2.08 bits per heavy atom. The predicted octanol–water partition coefficient (Wildman–Crippen LogP) is 6.20. The second-order valence-corrected chi connectivity index (χ2v) is 10.7. The maximum absolute atomic E-state index is 12.5. The number of carbonyl (C=O) groups is 2. The van der Waals surface area contributed by atoms with Gasteiger partial charge in [0.25, 0.3) is 0 Å². The summed E-state index contributed by atoms with van der Waals surface area (Å²) in [5.41, 5.74) is 5.64. The number of phosphoric ester groups is 1. The number of ketones is 1. The summed E-state index contributed by atoms with van der Waals surface area (Å²) >= 11 is 0. The van der Waals surface area contributed by atoms with Gasteiger partial charge in [-0.1, -0.05) is 45.9 Å². The van der Waals surface area contributed by atoms with Crippen LogP contribution in [-0.4, -0.2) is 26.6 Å². The second kappa shape index (κ2) is 10.4. The zero-order chi connectivity index (χ0) is 26.9. The Labute approximate surface area is 211 Å². The SMILES string of the molecule is CC1=CC(=O)C=C(C(C)C)/C1=C(/c1ccccc1C(=O)O)c1c(C)cc(OP(=O)(O)O)cc1C(C)C. The van der Waals surface area contributed by atoms with Crippen molar-refractivity contribution < 1.29 is 33.6 Å². The lowest BCUT2D eigenvalue weighted by Gasteiger charge is -2.28. The number of allylic oxidation sites excluding steroid dienone is 5. The summed E-state index contributed by atoms with van der Waals surface area (Å²) in [4.78, 5) is 43.5. The molecule has 0 amide bonds. The smallest absolute Gasteiger partial charge is 0.478 e. The van der Waals surface area contributed by atoms with Crippen LogP contribution < -0.4 is 4.52 Å². The van der Waals surface area contributed by atoms with Crippen LogP contribution >= 0.6 is 7.82 Å². The minimum atomic E-state index is -4.79. The fourth-order valence-electron chi connectivity index (χ4n) is 4.63. The molecule has 2 aromatic rings. The maximum Gasteiger partial charge on any atom is 0.524 e. The lowest BCUT2D eigenvalue weighted by atomic mass is 9.75. The molecule has 0 heterocycles. The van der Waals surface area contributed by atoms with Gasteiger partial charge in [0.2, 0.25) is 0 Å². The van der Waals surface area contributed by atoms with Crippen molar-refractivity contribution in [3.8, 4) is 5.75 Å². The van der Waals surface area contributed by atoms with Crippen LogP contribution in [0.15, 0.2) is 65.3 Å². The zero-order valence-electron chi connectivity index (χ0n) is 21.2.